The molecule has 0 unspecified atom stereocenters. The Hall–Kier alpha value is -1.76. The molecule has 0 fully saturated rings. The number of rotatable bonds is 5. The second-order valence-electron chi connectivity index (χ2n) is 4.59. The van der Waals surface area contributed by atoms with E-state index >= 15 is 0 Å². The van der Waals surface area contributed by atoms with Crippen LogP contribution in [0.2, 0.25) is 0 Å². The first-order valence-electron chi connectivity index (χ1n) is 6.61. The largest absolute Gasteiger partial charge is 0.461 e. The molecule has 21 heavy (non-hydrogen) atoms. The van der Waals surface area contributed by atoms with E-state index in [1.165, 1.54) is 6.07 Å². The van der Waals surface area contributed by atoms with Crippen molar-refractivity contribution in [2.75, 3.05) is 11.9 Å². The summed E-state index contributed by atoms with van der Waals surface area (Å²) in [6.45, 7) is 6.31. The van der Waals surface area contributed by atoms with E-state index in [1.54, 1.807) is 12.1 Å². The zero-order valence-electron chi connectivity index (χ0n) is 12.0. The summed E-state index contributed by atoms with van der Waals surface area (Å²) in [4.78, 5) is 12.6. The molecule has 0 saturated heterocycles. The van der Waals surface area contributed by atoms with Crippen LogP contribution in [-0.2, 0) is 0 Å². The third kappa shape index (κ3) is 4.10. The molecule has 2 aromatic rings. The van der Waals surface area contributed by atoms with Gasteiger partial charge in [-0.1, -0.05) is 15.9 Å². The number of benzene rings is 1. The van der Waals surface area contributed by atoms with Crippen molar-refractivity contribution >= 4 is 21.9 Å². The summed E-state index contributed by atoms with van der Waals surface area (Å²) in [6, 6.07) is 4.78. The number of nitrogens with one attached hydrogen (secondary N) is 1. The molecule has 1 aromatic heterocycles. The predicted molar refractivity (Wildman–Crippen MR) is 82.8 cm³/mol. The lowest BCUT2D eigenvalue weighted by molar-refractivity contribution is 0.222. The molecule has 0 spiro atoms. The molecule has 1 N–H and O–H groups in total. The second-order valence-corrected chi connectivity index (χ2v) is 5.50. The maximum Gasteiger partial charge on any atom is 0.322 e. The van der Waals surface area contributed by atoms with E-state index in [2.05, 4.69) is 36.2 Å². The molecule has 1 aromatic carbocycles. The fourth-order valence-corrected chi connectivity index (χ4v) is 2.01. The van der Waals surface area contributed by atoms with Crippen LogP contribution in [0.3, 0.4) is 0 Å². The number of halogens is 2. The van der Waals surface area contributed by atoms with Gasteiger partial charge in [-0.3, -0.25) is 0 Å². The Balaban J connectivity index is 2.50. The Morgan fingerprint density at radius 2 is 2.05 bits per heavy atom. The van der Waals surface area contributed by atoms with E-state index < -0.39 is 5.82 Å². The van der Waals surface area contributed by atoms with Crippen LogP contribution in [0.1, 0.15) is 20.8 Å². The highest BCUT2D eigenvalue weighted by molar-refractivity contribution is 9.10. The van der Waals surface area contributed by atoms with Gasteiger partial charge in [-0.2, -0.15) is 15.0 Å². The third-order valence-electron chi connectivity index (χ3n) is 2.46. The van der Waals surface area contributed by atoms with Crippen molar-refractivity contribution in [1.29, 1.82) is 0 Å². The second kappa shape index (κ2) is 6.80. The van der Waals surface area contributed by atoms with Gasteiger partial charge in [0.2, 0.25) is 5.95 Å². The van der Waals surface area contributed by atoms with Crippen LogP contribution >= 0.6 is 15.9 Å². The van der Waals surface area contributed by atoms with Gasteiger partial charge in [0.1, 0.15) is 5.82 Å². The summed E-state index contributed by atoms with van der Waals surface area (Å²) in [7, 11) is 0. The zero-order chi connectivity index (χ0) is 15.4. The van der Waals surface area contributed by atoms with Crippen molar-refractivity contribution in [3.63, 3.8) is 0 Å². The molecule has 0 atom stereocenters. The number of nitrogens with zero attached hydrogens (tertiary/aromatic N) is 3. The topological polar surface area (TPSA) is 59.9 Å². The third-order valence-corrected chi connectivity index (χ3v) is 2.95. The highest BCUT2D eigenvalue weighted by Gasteiger charge is 2.14. The van der Waals surface area contributed by atoms with Gasteiger partial charge in [0.05, 0.1) is 11.7 Å². The average molecular weight is 355 g/mol. The van der Waals surface area contributed by atoms with Crippen molar-refractivity contribution in [2.45, 2.75) is 26.9 Å². The highest BCUT2D eigenvalue weighted by Crippen LogP contribution is 2.25. The van der Waals surface area contributed by atoms with Crippen molar-refractivity contribution in [3.8, 4) is 17.4 Å². The summed E-state index contributed by atoms with van der Waals surface area (Å²) >= 11 is 3.32. The first-order valence-corrected chi connectivity index (χ1v) is 7.41. The Labute approximate surface area is 131 Å². The van der Waals surface area contributed by atoms with Crippen LogP contribution in [0.15, 0.2) is 22.7 Å². The number of aromatic nitrogens is 3. The van der Waals surface area contributed by atoms with Crippen molar-refractivity contribution in [3.05, 3.63) is 28.5 Å². The molecule has 0 aliphatic heterocycles. The van der Waals surface area contributed by atoms with Crippen LogP contribution in [0, 0.1) is 5.82 Å². The van der Waals surface area contributed by atoms with E-state index in [0.717, 1.165) is 4.47 Å². The Bertz CT molecular complexity index is 636. The Morgan fingerprint density at radius 3 is 2.71 bits per heavy atom. The molecule has 0 radical (unpaired) electrons. The minimum Gasteiger partial charge on any atom is -0.461 e. The van der Waals surface area contributed by atoms with Crippen LogP contribution in [0.25, 0.3) is 11.4 Å². The van der Waals surface area contributed by atoms with Gasteiger partial charge < -0.3 is 10.1 Å². The fourth-order valence-electron chi connectivity index (χ4n) is 1.65. The number of ether oxygens (including phenoxy) is 1. The predicted octanol–water partition coefficient (Wildman–Crippen LogP) is 3.66. The van der Waals surface area contributed by atoms with Gasteiger partial charge in [-0.05, 0) is 39.0 Å². The number of hydrogen-bond donors (Lipinski definition) is 1. The zero-order valence-corrected chi connectivity index (χ0v) is 13.6. The van der Waals surface area contributed by atoms with E-state index in [-0.39, 0.29) is 17.9 Å². The fraction of sp³-hybridized carbons (Fsp3) is 0.357. The van der Waals surface area contributed by atoms with Gasteiger partial charge in [0.25, 0.3) is 0 Å². The molecule has 0 aliphatic carbocycles. The van der Waals surface area contributed by atoms with Gasteiger partial charge >= 0.3 is 6.01 Å². The SMILES string of the molecule is CCNc1nc(OC(C)C)nc(-c2cc(Br)ccc2F)n1. The van der Waals surface area contributed by atoms with Crippen molar-refractivity contribution < 1.29 is 9.13 Å². The van der Waals surface area contributed by atoms with Gasteiger partial charge in [0.15, 0.2) is 5.82 Å². The van der Waals surface area contributed by atoms with Crippen LogP contribution in [0.4, 0.5) is 10.3 Å². The van der Waals surface area contributed by atoms with Crippen molar-refractivity contribution in [1.82, 2.24) is 15.0 Å². The van der Waals surface area contributed by atoms with E-state index in [4.69, 9.17) is 4.74 Å². The van der Waals surface area contributed by atoms with E-state index in [0.29, 0.717) is 18.1 Å². The summed E-state index contributed by atoms with van der Waals surface area (Å²) in [6.07, 6.45) is -0.0814. The molecular formula is C14H16BrFN4O. The molecule has 5 nitrogen and oxygen atoms in total. The molecule has 0 saturated carbocycles. The molecule has 1 heterocycles. The smallest absolute Gasteiger partial charge is 0.322 e. The lowest BCUT2D eigenvalue weighted by Gasteiger charge is -2.11. The average Bonchev–Trinajstić information content (AvgIpc) is 2.41. The maximum atomic E-state index is 14.0. The first-order chi connectivity index (χ1) is 9.99. The minimum atomic E-state index is -0.401. The first kappa shape index (κ1) is 15.6. The highest BCUT2D eigenvalue weighted by atomic mass is 79.9. The van der Waals surface area contributed by atoms with Gasteiger partial charge in [-0.25, -0.2) is 4.39 Å². The van der Waals surface area contributed by atoms with E-state index in [1.807, 2.05) is 20.8 Å². The van der Waals surface area contributed by atoms with Crippen molar-refractivity contribution in [2.24, 2.45) is 0 Å². The van der Waals surface area contributed by atoms with Crippen LogP contribution < -0.4 is 10.1 Å². The molecule has 0 bridgehead atoms. The number of anilines is 1. The molecule has 2 rings (SSSR count). The summed E-state index contributed by atoms with van der Waals surface area (Å²) in [5.74, 6) is 0.190. The molecule has 7 heteroatoms. The Kier molecular flexibility index (Phi) is 5.06. The molecular weight excluding hydrogens is 339 g/mol. The lowest BCUT2D eigenvalue weighted by atomic mass is 10.2. The molecule has 0 aliphatic rings. The van der Waals surface area contributed by atoms with Crippen LogP contribution in [-0.4, -0.2) is 27.6 Å². The summed E-state index contributed by atoms with van der Waals surface area (Å²) in [5.41, 5.74) is 0.291. The molecule has 112 valence electrons. The minimum absolute atomic E-state index is 0.0814. The van der Waals surface area contributed by atoms with Gasteiger partial charge in [-0.15, -0.1) is 0 Å². The van der Waals surface area contributed by atoms with E-state index in [9.17, 15) is 4.39 Å². The summed E-state index contributed by atoms with van der Waals surface area (Å²) in [5, 5.41) is 2.99. The lowest BCUT2D eigenvalue weighted by Crippen LogP contribution is -2.12. The molecule has 0 amide bonds. The maximum absolute atomic E-state index is 14.0. The standard InChI is InChI=1S/C14H16BrFN4O/c1-4-17-13-18-12(19-14(20-13)21-8(2)3)10-7-9(15)5-6-11(10)16/h5-8H,4H2,1-3H3,(H,17,18,19,20). The number of hydrogen-bond acceptors (Lipinski definition) is 5. The normalized spacial score (nSPS) is 10.8. The Morgan fingerprint density at radius 1 is 1.29 bits per heavy atom. The van der Waals surface area contributed by atoms with Crippen LogP contribution in [0.5, 0.6) is 6.01 Å². The van der Waals surface area contributed by atoms with Gasteiger partial charge in [0, 0.05) is 11.0 Å². The monoisotopic (exact) mass is 354 g/mol. The quantitative estimate of drug-likeness (QED) is 0.887. The summed E-state index contributed by atoms with van der Waals surface area (Å²) < 4.78 is 20.2.